The van der Waals surface area contributed by atoms with Gasteiger partial charge in [0.05, 0.1) is 0 Å². The zero-order valence-electron chi connectivity index (χ0n) is 13.3. The van der Waals surface area contributed by atoms with Crippen LogP contribution in [-0.4, -0.2) is 6.29 Å². The van der Waals surface area contributed by atoms with Gasteiger partial charge in [-0.2, -0.15) is 0 Å². The molecule has 0 saturated carbocycles. The molecule has 1 aliphatic rings. The molecular formula is C19H32O. The van der Waals surface area contributed by atoms with Gasteiger partial charge in [0.15, 0.2) is 0 Å². The Morgan fingerprint density at radius 1 is 0.900 bits per heavy atom. The van der Waals surface area contributed by atoms with E-state index in [0.717, 1.165) is 19.1 Å². The smallest absolute Gasteiger partial charge is 0.130 e. The van der Waals surface area contributed by atoms with Crippen LogP contribution in [-0.2, 0) is 4.79 Å². The first-order chi connectivity index (χ1) is 9.83. The van der Waals surface area contributed by atoms with Gasteiger partial charge in [-0.3, -0.25) is 0 Å². The molecule has 0 spiro atoms. The SMILES string of the molecule is CCCCCCCCCCCCC1(C=O)C=CC=CC1. The summed E-state index contributed by atoms with van der Waals surface area (Å²) in [6.07, 6.45) is 24.9. The molecular weight excluding hydrogens is 244 g/mol. The largest absolute Gasteiger partial charge is 0.302 e. The molecule has 1 aliphatic carbocycles. The molecule has 1 rings (SSSR count). The molecule has 0 fully saturated rings. The number of aldehydes is 1. The summed E-state index contributed by atoms with van der Waals surface area (Å²) in [5, 5.41) is 0. The number of hydrogen-bond acceptors (Lipinski definition) is 1. The van der Waals surface area contributed by atoms with E-state index < -0.39 is 0 Å². The predicted molar refractivity (Wildman–Crippen MR) is 87.9 cm³/mol. The normalized spacial score (nSPS) is 21.2. The highest BCUT2D eigenvalue weighted by Crippen LogP contribution is 2.31. The van der Waals surface area contributed by atoms with Crippen molar-refractivity contribution in [3.8, 4) is 0 Å². The van der Waals surface area contributed by atoms with Gasteiger partial charge in [0.1, 0.15) is 6.29 Å². The van der Waals surface area contributed by atoms with Gasteiger partial charge in [-0.1, -0.05) is 95.4 Å². The molecule has 0 radical (unpaired) electrons. The maximum Gasteiger partial charge on any atom is 0.130 e. The predicted octanol–water partition coefficient (Wildman–Crippen LogP) is 6.00. The van der Waals surface area contributed by atoms with E-state index >= 15 is 0 Å². The first-order valence-corrected chi connectivity index (χ1v) is 8.64. The van der Waals surface area contributed by atoms with Crippen LogP contribution in [0.1, 0.15) is 84.0 Å². The number of carbonyl (C=O) groups is 1. The lowest BCUT2D eigenvalue weighted by Crippen LogP contribution is -2.20. The maximum absolute atomic E-state index is 11.3. The van der Waals surface area contributed by atoms with Gasteiger partial charge in [0.2, 0.25) is 0 Å². The van der Waals surface area contributed by atoms with Crippen LogP contribution in [0.25, 0.3) is 0 Å². The molecule has 20 heavy (non-hydrogen) atoms. The van der Waals surface area contributed by atoms with Crippen LogP contribution in [0.2, 0.25) is 0 Å². The Morgan fingerprint density at radius 3 is 2.00 bits per heavy atom. The Labute approximate surface area is 125 Å². The summed E-state index contributed by atoms with van der Waals surface area (Å²) in [7, 11) is 0. The lowest BCUT2D eigenvalue weighted by Gasteiger charge is -2.24. The van der Waals surface area contributed by atoms with Crippen molar-refractivity contribution in [3.63, 3.8) is 0 Å². The third-order valence-corrected chi connectivity index (χ3v) is 4.40. The fraction of sp³-hybridized carbons (Fsp3) is 0.737. The van der Waals surface area contributed by atoms with Gasteiger partial charge in [-0.25, -0.2) is 0 Å². The van der Waals surface area contributed by atoms with Gasteiger partial charge >= 0.3 is 0 Å². The zero-order valence-corrected chi connectivity index (χ0v) is 13.3. The van der Waals surface area contributed by atoms with Crippen molar-refractivity contribution in [2.45, 2.75) is 84.0 Å². The third-order valence-electron chi connectivity index (χ3n) is 4.40. The van der Waals surface area contributed by atoms with Crippen LogP contribution in [0.5, 0.6) is 0 Å². The van der Waals surface area contributed by atoms with Gasteiger partial charge in [-0.15, -0.1) is 0 Å². The highest BCUT2D eigenvalue weighted by molar-refractivity contribution is 5.64. The van der Waals surface area contributed by atoms with Crippen LogP contribution >= 0.6 is 0 Å². The minimum absolute atomic E-state index is 0.186. The molecule has 0 aromatic rings. The lowest BCUT2D eigenvalue weighted by atomic mass is 9.78. The van der Waals surface area contributed by atoms with E-state index in [-0.39, 0.29) is 5.41 Å². The average molecular weight is 276 g/mol. The van der Waals surface area contributed by atoms with Crippen molar-refractivity contribution >= 4 is 6.29 Å². The summed E-state index contributed by atoms with van der Waals surface area (Å²) < 4.78 is 0. The summed E-state index contributed by atoms with van der Waals surface area (Å²) in [6, 6.07) is 0. The van der Waals surface area contributed by atoms with Crippen LogP contribution in [0.3, 0.4) is 0 Å². The second kappa shape index (κ2) is 10.9. The van der Waals surface area contributed by atoms with Crippen molar-refractivity contribution in [3.05, 3.63) is 24.3 Å². The molecule has 1 heteroatoms. The molecule has 1 unspecified atom stereocenters. The van der Waals surface area contributed by atoms with Gasteiger partial charge in [0.25, 0.3) is 0 Å². The average Bonchev–Trinajstić information content (AvgIpc) is 2.50. The van der Waals surface area contributed by atoms with Crippen molar-refractivity contribution in [2.24, 2.45) is 5.41 Å². The minimum Gasteiger partial charge on any atom is -0.302 e. The van der Waals surface area contributed by atoms with Crippen LogP contribution in [0, 0.1) is 5.41 Å². The summed E-state index contributed by atoms with van der Waals surface area (Å²) >= 11 is 0. The molecule has 0 heterocycles. The fourth-order valence-corrected chi connectivity index (χ4v) is 2.95. The van der Waals surface area contributed by atoms with Crippen molar-refractivity contribution < 1.29 is 4.79 Å². The van der Waals surface area contributed by atoms with E-state index in [1.807, 2.05) is 12.2 Å². The molecule has 0 saturated heterocycles. The molecule has 1 atom stereocenters. The Balaban J connectivity index is 1.95. The quantitative estimate of drug-likeness (QED) is 0.315. The van der Waals surface area contributed by atoms with E-state index in [9.17, 15) is 4.79 Å². The Morgan fingerprint density at radius 2 is 1.50 bits per heavy atom. The van der Waals surface area contributed by atoms with E-state index in [0.29, 0.717) is 0 Å². The Bertz CT molecular complexity index is 303. The summed E-state index contributed by atoms with van der Waals surface area (Å²) in [6.45, 7) is 2.27. The molecule has 114 valence electrons. The van der Waals surface area contributed by atoms with E-state index in [1.54, 1.807) is 0 Å². The second-order valence-electron chi connectivity index (χ2n) is 6.27. The first kappa shape index (κ1) is 17.2. The monoisotopic (exact) mass is 276 g/mol. The van der Waals surface area contributed by atoms with Gasteiger partial charge in [0, 0.05) is 5.41 Å². The molecule has 0 aromatic heterocycles. The topological polar surface area (TPSA) is 17.1 Å². The van der Waals surface area contributed by atoms with E-state index in [1.165, 1.54) is 64.2 Å². The molecule has 0 N–H and O–H groups in total. The maximum atomic E-state index is 11.3. The van der Waals surface area contributed by atoms with Gasteiger partial charge < -0.3 is 4.79 Å². The Hall–Kier alpha value is -0.850. The highest BCUT2D eigenvalue weighted by atomic mass is 16.1. The third kappa shape index (κ3) is 7.07. The van der Waals surface area contributed by atoms with Crippen molar-refractivity contribution in [2.75, 3.05) is 0 Å². The number of allylic oxidation sites excluding steroid dienone is 4. The number of carbonyl (C=O) groups excluding carboxylic acids is 1. The standard InChI is InChI=1S/C19H32O/c1-2-3-4-5-6-7-8-9-10-12-15-19(18-20)16-13-11-14-17-19/h11,13-14,16,18H,2-10,12,15,17H2,1H3. The first-order valence-electron chi connectivity index (χ1n) is 8.64. The van der Waals surface area contributed by atoms with Crippen LogP contribution < -0.4 is 0 Å². The van der Waals surface area contributed by atoms with Crippen molar-refractivity contribution in [1.29, 1.82) is 0 Å². The Kier molecular flexibility index (Phi) is 9.36. The van der Waals surface area contributed by atoms with Crippen LogP contribution in [0.15, 0.2) is 24.3 Å². The second-order valence-corrected chi connectivity index (χ2v) is 6.27. The summed E-state index contributed by atoms with van der Waals surface area (Å²) in [4.78, 5) is 11.3. The minimum atomic E-state index is -0.186. The zero-order chi connectivity index (χ0) is 14.5. The molecule has 1 nitrogen and oxygen atoms in total. The lowest BCUT2D eigenvalue weighted by molar-refractivity contribution is -0.114. The summed E-state index contributed by atoms with van der Waals surface area (Å²) in [5.41, 5.74) is -0.186. The highest BCUT2D eigenvalue weighted by Gasteiger charge is 2.25. The fourth-order valence-electron chi connectivity index (χ4n) is 2.95. The molecule has 0 aromatic carbocycles. The van der Waals surface area contributed by atoms with Crippen molar-refractivity contribution in [1.82, 2.24) is 0 Å². The van der Waals surface area contributed by atoms with Gasteiger partial charge in [-0.05, 0) is 12.8 Å². The van der Waals surface area contributed by atoms with Crippen LogP contribution in [0.4, 0.5) is 0 Å². The van der Waals surface area contributed by atoms with E-state index in [4.69, 9.17) is 0 Å². The number of unbranched alkanes of at least 4 members (excludes halogenated alkanes) is 9. The van der Waals surface area contributed by atoms with E-state index in [2.05, 4.69) is 19.1 Å². The number of hydrogen-bond donors (Lipinski definition) is 0. The molecule has 0 amide bonds. The molecule has 0 aliphatic heterocycles. The number of rotatable bonds is 12. The summed E-state index contributed by atoms with van der Waals surface area (Å²) in [5.74, 6) is 0. The molecule has 0 bridgehead atoms.